The Labute approximate surface area is 175 Å². The highest BCUT2D eigenvalue weighted by Crippen LogP contribution is 2.34. The molecule has 2 aliphatic heterocycles. The first kappa shape index (κ1) is 19.9. The number of fused-ring (bicyclic) bond motifs is 1. The first-order valence-electron chi connectivity index (χ1n) is 9.98. The van der Waals surface area contributed by atoms with Crippen molar-refractivity contribution >= 4 is 29.2 Å². The normalized spacial score (nSPS) is 17.8. The van der Waals surface area contributed by atoms with Gasteiger partial charge in [-0.3, -0.25) is 14.4 Å². The van der Waals surface area contributed by atoms with Crippen molar-refractivity contribution in [2.45, 2.75) is 19.8 Å². The second kappa shape index (κ2) is 8.18. The number of para-hydroxylation sites is 1. The SMILES string of the molecule is COc1ccc(C)cc1N1C[C@@H](C(=O)OCC(=O)N2CCc3ccccc32)CC1=O. The second-order valence-electron chi connectivity index (χ2n) is 7.61. The number of carbonyl (C=O) groups excluding carboxylic acids is 3. The van der Waals surface area contributed by atoms with E-state index < -0.39 is 11.9 Å². The minimum absolute atomic E-state index is 0.0522. The molecule has 0 spiro atoms. The second-order valence-corrected chi connectivity index (χ2v) is 7.61. The number of methoxy groups -OCH3 is 1. The van der Waals surface area contributed by atoms with Crippen LogP contribution in [-0.4, -0.2) is 44.6 Å². The monoisotopic (exact) mass is 408 g/mol. The van der Waals surface area contributed by atoms with Crippen LogP contribution in [-0.2, 0) is 25.5 Å². The maximum atomic E-state index is 12.6. The van der Waals surface area contributed by atoms with Gasteiger partial charge in [-0.15, -0.1) is 0 Å². The lowest BCUT2D eigenvalue weighted by Crippen LogP contribution is -2.34. The van der Waals surface area contributed by atoms with Crippen molar-refractivity contribution < 1.29 is 23.9 Å². The Hall–Kier alpha value is -3.35. The number of hydrogen-bond donors (Lipinski definition) is 0. The fraction of sp³-hybridized carbons (Fsp3) is 0.348. The molecule has 2 aromatic carbocycles. The maximum absolute atomic E-state index is 12.6. The maximum Gasteiger partial charge on any atom is 0.311 e. The number of carbonyl (C=O) groups is 3. The molecule has 2 aromatic rings. The molecule has 1 saturated heterocycles. The van der Waals surface area contributed by atoms with Gasteiger partial charge in [-0.1, -0.05) is 24.3 Å². The number of anilines is 2. The van der Waals surface area contributed by atoms with Crippen LogP contribution in [0.25, 0.3) is 0 Å². The molecule has 0 unspecified atom stereocenters. The third kappa shape index (κ3) is 3.75. The van der Waals surface area contributed by atoms with Gasteiger partial charge in [-0.05, 0) is 42.7 Å². The lowest BCUT2D eigenvalue weighted by Gasteiger charge is -2.20. The number of amides is 2. The standard InChI is InChI=1S/C23H24N2O5/c1-15-7-8-20(29-2)19(11-15)25-13-17(12-21(25)26)23(28)30-14-22(27)24-10-9-16-5-3-4-6-18(16)24/h3-8,11,17H,9-10,12-14H2,1-2H3/t17-/m0/s1. The van der Waals surface area contributed by atoms with Gasteiger partial charge in [0, 0.05) is 25.2 Å². The zero-order valence-corrected chi connectivity index (χ0v) is 17.1. The van der Waals surface area contributed by atoms with Crippen LogP contribution in [0.2, 0.25) is 0 Å². The van der Waals surface area contributed by atoms with Gasteiger partial charge in [0.25, 0.3) is 5.91 Å². The molecule has 0 bridgehead atoms. The van der Waals surface area contributed by atoms with Crippen molar-refractivity contribution in [1.82, 2.24) is 0 Å². The molecule has 4 rings (SSSR count). The minimum Gasteiger partial charge on any atom is -0.495 e. The summed E-state index contributed by atoms with van der Waals surface area (Å²) < 4.78 is 10.6. The van der Waals surface area contributed by atoms with Crippen LogP contribution in [0.1, 0.15) is 17.5 Å². The van der Waals surface area contributed by atoms with E-state index in [0.717, 1.165) is 23.2 Å². The Morgan fingerprint density at radius 2 is 1.93 bits per heavy atom. The molecule has 2 heterocycles. The molecule has 7 nitrogen and oxygen atoms in total. The number of benzene rings is 2. The van der Waals surface area contributed by atoms with Crippen molar-refractivity contribution in [2.75, 3.05) is 36.6 Å². The largest absolute Gasteiger partial charge is 0.495 e. The van der Waals surface area contributed by atoms with E-state index in [1.165, 1.54) is 0 Å². The van der Waals surface area contributed by atoms with Crippen LogP contribution in [0.5, 0.6) is 5.75 Å². The van der Waals surface area contributed by atoms with Gasteiger partial charge < -0.3 is 19.3 Å². The van der Waals surface area contributed by atoms with Gasteiger partial charge in [0.1, 0.15) is 5.75 Å². The zero-order valence-electron chi connectivity index (χ0n) is 17.1. The molecule has 7 heteroatoms. The fourth-order valence-electron chi connectivity index (χ4n) is 4.04. The lowest BCUT2D eigenvalue weighted by molar-refractivity contribution is -0.151. The number of ether oxygens (including phenoxy) is 2. The third-order valence-corrected chi connectivity index (χ3v) is 5.61. The molecule has 0 radical (unpaired) electrons. The van der Waals surface area contributed by atoms with Gasteiger partial charge in [-0.25, -0.2) is 0 Å². The van der Waals surface area contributed by atoms with Crippen LogP contribution in [0.15, 0.2) is 42.5 Å². The summed E-state index contributed by atoms with van der Waals surface area (Å²) in [5.74, 6) is -0.985. The van der Waals surface area contributed by atoms with Crippen LogP contribution < -0.4 is 14.5 Å². The van der Waals surface area contributed by atoms with Crippen molar-refractivity contribution in [3.63, 3.8) is 0 Å². The van der Waals surface area contributed by atoms with E-state index in [2.05, 4.69) is 0 Å². The Bertz CT molecular complexity index is 1000. The van der Waals surface area contributed by atoms with Crippen molar-refractivity contribution in [2.24, 2.45) is 5.92 Å². The molecular weight excluding hydrogens is 384 g/mol. The molecule has 0 aromatic heterocycles. The number of hydrogen-bond acceptors (Lipinski definition) is 5. The molecule has 30 heavy (non-hydrogen) atoms. The van der Waals surface area contributed by atoms with E-state index in [1.807, 2.05) is 43.3 Å². The summed E-state index contributed by atoms with van der Waals surface area (Å²) >= 11 is 0. The first-order chi connectivity index (χ1) is 14.5. The highest BCUT2D eigenvalue weighted by molar-refractivity contribution is 6.01. The molecule has 0 aliphatic carbocycles. The third-order valence-electron chi connectivity index (χ3n) is 5.61. The molecule has 1 fully saturated rings. The van der Waals surface area contributed by atoms with Gasteiger partial charge in [-0.2, -0.15) is 0 Å². The van der Waals surface area contributed by atoms with E-state index in [9.17, 15) is 14.4 Å². The predicted molar refractivity (Wildman–Crippen MR) is 112 cm³/mol. The summed E-state index contributed by atoms with van der Waals surface area (Å²) in [7, 11) is 1.54. The van der Waals surface area contributed by atoms with Gasteiger partial charge in [0.15, 0.2) is 6.61 Å². The Morgan fingerprint density at radius 3 is 2.73 bits per heavy atom. The van der Waals surface area contributed by atoms with E-state index in [-0.39, 0.29) is 31.4 Å². The number of nitrogens with zero attached hydrogens (tertiary/aromatic N) is 2. The summed E-state index contributed by atoms with van der Waals surface area (Å²) in [4.78, 5) is 40.8. The fourth-order valence-corrected chi connectivity index (χ4v) is 4.04. The van der Waals surface area contributed by atoms with Crippen LogP contribution in [0, 0.1) is 12.8 Å². The topological polar surface area (TPSA) is 76.2 Å². The van der Waals surface area contributed by atoms with Crippen LogP contribution >= 0.6 is 0 Å². The zero-order chi connectivity index (χ0) is 21.3. The number of esters is 1. The molecule has 156 valence electrons. The lowest BCUT2D eigenvalue weighted by atomic mass is 10.1. The summed E-state index contributed by atoms with van der Waals surface area (Å²) in [6.45, 7) is 2.39. The molecule has 0 saturated carbocycles. The Morgan fingerprint density at radius 1 is 1.13 bits per heavy atom. The Kier molecular flexibility index (Phi) is 5.44. The number of rotatable bonds is 5. The quantitative estimate of drug-likeness (QED) is 0.711. The molecule has 1 atom stereocenters. The van der Waals surface area contributed by atoms with Gasteiger partial charge >= 0.3 is 5.97 Å². The summed E-state index contributed by atoms with van der Waals surface area (Å²) in [5, 5.41) is 0. The molecule has 2 amide bonds. The first-order valence-corrected chi connectivity index (χ1v) is 9.98. The van der Waals surface area contributed by atoms with Crippen molar-refractivity contribution in [3.05, 3.63) is 53.6 Å². The minimum atomic E-state index is -0.610. The van der Waals surface area contributed by atoms with Crippen molar-refractivity contribution in [3.8, 4) is 5.75 Å². The van der Waals surface area contributed by atoms with E-state index in [1.54, 1.807) is 23.0 Å². The highest BCUT2D eigenvalue weighted by Gasteiger charge is 2.38. The number of aryl methyl sites for hydroxylation is 1. The van der Waals surface area contributed by atoms with Crippen LogP contribution in [0.4, 0.5) is 11.4 Å². The average Bonchev–Trinajstić information content (AvgIpc) is 3.35. The Balaban J connectivity index is 1.38. The van der Waals surface area contributed by atoms with Crippen LogP contribution in [0.3, 0.4) is 0 Å². The van der Waals surface area contributed by atoms with Crippen molar-refractivity contribution in [1.29, 1.82) is 0 Å². The summed E-state index contributed by atoms with van der Waals surface area (Å²) in [6, 6.07) is 13.3. The van der Waals surface area contributed by atoms with Gasteiger partial charge in [0.2, 0.25) is 5.91 Å². The highest BCUT2D eigenvalue weighted by atomic mass is 16.5. The smallest absolute Gasteiger partial charge is 0.311 e. The van der Waals surface area contributed by atoms with E-state index >= 15 is 0 Å². The molecular formula is C23H24N2O5. The molecule has 0 N–H and O–H groups in total. The van der Waals surface area contributed by atoms with E-state index in [0.29, 0.717) is 18.0 Å². The predicted octanol–water partition coefficient (Wildman–Crippen LogP) is 2.49. The van der Waals surface area contributed by atoms with Gasteiger partial charge in [0.05, 0.1) is 18.7 Å². The summed E-state index contributed by atoms with van der Waals surface area (Å²) in [6.07, 6.45) is 0.844. The average molecular weight is 408 g/mol. The summed E-state index contributed by atoms with van der Waals surface area (Å²) in [5.41, 5.74) is 3.61. The molecule has 2 aliphatic rings. The van der Waals surface area contributed by atoms with E-state index in [4.69, 9.17) is 9.47 Å².